The molecule has 0 aliphatic heterocycles. The normalized spacial score (nSPS) is 10.6. The summed E-state index contributed by atoms with van der Waals surface area (Å²) in [7, 11) is 0. The summed E-state index contributed by atoms with van der Waals surface area (Å²) in [5.41, 5.74) is 6.40. The topological polar surface area (TPSA) is 51.8 Å². The highest BCUT2D eigenvalue weighted by molar-refractivity contribution is 5.65. The number of anilines is 1. The van der Waals surface area contributed by atoms with E-state index in [9.17, 15) is 8.78 Å². The quantitative estimate of drug-likeness (QED) is 0.826. The molecule has 0 aliphatic carbocycles. The molecule has 0 bridgehead atoms. The Kier molecular flexibility index (Phi) is 2.75. The van der Waals surface area contributed by atoms with Gasteiger partial charge >= 0.3 is 0 Å². The van der Waals surface area contributed by atoms with Crippen molar-refractivity contribution in [2.75, 3.05) is 5.73 Å². The molecule has 0 saturated heterocycles. The van der Waals surface area contributed by atoms with E-state index in [0.717, 1.165) is 0 Å². The highest BCUT2D eigenvalue weighted by Crippen LogP contribution is 2.28. The lowest BCUT2D eigenvalue weighted by molar-refractivity contribution is 0.582. The SMILES string of the molecule is Cc1cnc(N)nc1-c1c(F)ccc(C)c1F. The summed E-state index contributed by atoms with van der Waals surface area (Å²) in [6, 6.07) is 2.60. The number of nitrogens with two attached hydrogens (primary N) is 1. The standard InChI is InChI=1S/C12H11F2N3/c1-6-3-4-8(13)9(10(6)14)11-7(2)5-16-12(15)17-11/h3-5H,1-2H3,(H2,15,16,17). The van der Waals surface area contributed by atoms with Crippen LogP contribution in [0, 0.1) is 25.5 Å². The third kappa shape index (κ3) is 1.95. The average Bonchev–Trinajstić information content (AvgIpc) is 2.29. The van der Waals surface area contributed by atoms with Crippen molar-refractivity contribution in [3.8, 4) is 11.3 Å². The maximum absolute atomic E-state index is 13.9. The molecule has 88 valence electrons. The average molecular weight is 235 g/mol. The van der Waals surface area contributed by atoms with E-state index >= 15 is 0 Å². The number of hydrogen-bond donors (Lipinski definition) is 1. The largest absolute Gasteiger partial charge is 0.368 e. The van der Waals surface area contributed by atoms with Crippen molar-refractivity contribution in [1.82, 2.24) is 9.97 Å². The predicted octanol–water partition coefficient (Wildman–Crippen LogP) is 2.62. The summed E-state index contributed by atoms with van der Waals surface area (Å²) < 4.78 is 27.6. The van der Waals surface area contributed by atoms with E-state index in [0.29, 0.717) is 11.1 Å². The molecule has 0 amide bonds. The van der Waals surface area contributed by atoms with Gasteiger partial charge in [0.05, 0.1) is 11.3 Å². The molecule has 1 heterocycles. The third-order valence-electron chi connectivity index (χ3n) is 2.51. The molecule has 2 N–H and O–H groups in total. The fourth-order valence-corrected chi connectivity index (χ4v) is 1.58. The van der Waals surface area contributed by atoms with Crippen LogP contribution in [0.5, 0.6) is 0 Å². The van der Waals surface area contributed by atoms with Gasteiger partial charge in [0.15, 0.2) is 0 Å². The first-order valence-electron chi connectivity index (χ1n) is 5.05. The van der Waals surface area contributed by atoms with Gasteiger partial charge < -0.3 is 5.73 Å². The predicted molar refractivity (Wildman–Crippen MR) is 61.3 cm³/mol. The van der Waals surface area contributed by atoms with Crippen LogP contribution >= 0.6 is 0 Å². The number of aromatic nitrogens is 2. The number of benzene rings is 1. The Balaban J connectivity index is 2.76. The summed E-state index contributed by atoms with van der Waals surface area (Å²) in [6.07, 6.45) is 1.44. The van der Waals surface area contributed by atoms with Gasteiger partial charge in [-0.3, -0.25) is 0 Å². The van der Waals surface area contributed by atoms with Crippen molar-refractivity contribution >= 4 is 5.95 Å². The first-order valence-corrected chi connectivity index (χ1v) is 5.05. The van der Waals surface area contributed by atoms with Crippen molar-refractivity contribution < 1.29 is 8.78 Å². The molecule has 0 fully saturated rings. The Morgan fingerprint density at radius 1 is 1.12 bits per heavy atom. The van der Waals surface area contributed by atoms with Crippen molar-refractivity contribution in [3.05, 3.63) is 41.1 Å². The van der Waals surface area contributed by atoms with Gasteiger partial charge in [0, 0.05) is 6.20 Å². The van der Waals surface area contributed by atoms with Gasteiger partial charge in [-0.05, 0) is 31.0 Å². The molecule has 2 aromatic rings. The van der Waals surface area contributed by atoms with Gasteiger partial charge in [-0.2, -0.15) is 0 Å². The van der Waals surface area contributed by atoms with E-state index in [4.69, 9.17) is 5.73 Å². The molecule has 0 aliphatic rings. The highest BCUT2D eigenvalue weighted by Gasteiger charge is 2.17. The van der Waals surface area contributed by atoms with Crippen LogP contribution in [0.15, 0.2) is 18.3 Å². The maximum Gasteiger partial charge on any atom is 0.220 e. The Bertz CT molecular complexity index is 582. The first-order chi connectivity index (χ1) is 8.00. The van der Waals surface area contributed by atoms with Gasteiger partial charge in [-0.1, -0.05) is 6.07 Å². The van der Waals surface area contributed by atoms with Crippen LogP contribution < -0.4 is 5.73 Å². The highest BCUT2D eigenvalue weighted by atomic mass is 19.1. The zero-order valence-corrected chi connectivity index (χ0v) is 9.46. The summed E-state index contributed by atoms with van der Waals surface area (Å²) in [4.78, 5) is 7.66. The first kappa shape index (κ1) is 11.4. The minimum Gasteiger partial charge on any atom is -0.368 e. The summed E-state index contributed by atoms with van der Waals surface area (Å²) in [6.45, 7) is 3.24. The fourth-order valence-electron chi connectivity index (χ4n) is 1.58. The zero-order valence-electron chi connectivity index (χ0n) is 9.46. The molecule has 0 saturated carbocycles. The van der Waals surface area contributed by atoms with E-state index in [1.54, 1.807) is 13.8 Å². The molecule has 2 rings (SSSR count). The number of nitrogens with zero attached hydrogens (tertiary/aromatic N) is 2. The van der Waals surface area contributed by atoms with E-state index in [2.05, 4.69) is 9.97 Å². The summed E-state index contributed by atoms with van der Waals surface area (Å²) >= 11 is 0. The van der Waals surface area contributed by atoms with Gasteiger partial charge in [0.1, 0.15) is 11.6 Å². The van der Waals surface area contributed by atoms with Crippen LogP contribution in [0.25, 0.3) is 11.3 Å². The zero-order chi connectivity index (χ0) is 12.6. The molecular weight excluding hydrogens is 224 g/mol. The Morgan fingerprint density at radius 2 is 1.82 bits per heavy atom. The van der Waals surface area contributed by atoms with E-state index < -0.39 is 11.6 Å². The molecule has 0 unspecified atom stereocenters. The third-order valence-corrected chi connectivity index (χ3v) is 2.51. The summed E-state index contributed by atoms with van der Waals surface area (Å²) in [5, 5.41) is 0. The van der Waals surface area contributed by atoms with Gasteiger partial charge in [0.2, 0.25) is 5.95 Å². The second-order valence-electron chi connectivity index (χ2n) is 3.81. The van der Waals surface area contributed by atoms with Crippen LogP contribution in [0.1, 0.15) is 11.1 Å². The van der Waals surface area contributed by atoms with Crippen LogP contribution in [0.4, 0.5) is 14.7 Å². The smallest absolute Gasteiger partial charge is 0.220 e. The molecule has 17 heavy (non-hydrogen) atoms. The monoisotopic (exact) mass is 235 g/mol. The molecule has 0 radical (unpaired) electrons. The number of nitrogen functional groups attached to an aromatic ring is 1. The van der Waals surface area contributed by atoms with E-state index in [-0.39, 0.29) is 17.2 Å². The number of aryl methyl sites for hydroxylation is 2. The van der Waals surface area contributed by atoms with Crippen LogP contribution in [-0.2, 0) is 0 Å². The lowest BCUT2D eigenvalue weighted by Crippen LogP contribution is -2.02. The second-order valence-corrected chi connectivity index (χ2v) is 3.81. The van der Waals surface area contributed by atoms with Crippen molar-refractivity contribution in [3.63, 3.8) is 0 Å². The van der Waals surface area contributed by atoms with Crippen LogP contribution in [0.3, 0.4) is 0 Å². The fraction of sp³-hybridized carbons (Fsp3) is 0.167. The minimum absolute atomic E-state index is 0.00842. The molecule has 3 nitrogen and oxygen atoms in total. The maximum atomic E-state index is 13.9. The van der Waals surface area contributed by atoms with Crippen LogP contribution in [-0.4, -0.2) is 9.97 Å². The van der Waals surface area contributed by atoms with Crippen LogP contribution in [0.2, 0.25) is 0 Å². The van der Waals surface area contributed by atoms with Crippen molar-refractivity contribution in [1.29, 1.82) is 0 Å². The molecule has 0 spiro atoms. The Hall–Kier alpha value is -2.04. The van der Waals surface area contributed by atoms with E-state index in [1.165, 1.54) is 18.3 Å². The van der Waals surface area contributed by atoms with Crippen molar-refractivity contribution in [2.24, 2.45) is 0 Å². The minimum atomic E-state index is -0.658. The number of hydrogen-bond acceptors (Lipinski definition) is 3. The van der Waals surface area contributed by atoms with Crippen molar-refractivity contribution in [2.45, 2.75) is 13.8 Å². The second kappa shape index (κ2) is 4.08. The molecule has 0 atom stereocenters. The Labute approximate surface area is 97.3 Å². The summed E-state index contributed by atoms with van der Waals surface area (Å²) in [5.74, 6) is -1.29. The molecule has 1 aromatic carbocycles. The number of halogens is 2. The molecule has 1 aromatic heterocycles. The van der Waals surface area contributed by atoms with Gasteiger partial charge in [-0.15, -0.1) is 0 Å². The lowest BCUT2D eigenvalue weighted by atomic mass is 10.0. The van der Waals surface area contributed by atoms with Gasteiger partial charge in [0.25, 0.3) is 0 Å². The van der Waals surface area contributed by atoms with Gasteiger partial charge in [-0.25, -0.2) is 18.7 Å². The molecule has 5 heteroatoms. The van der Waals surface area contributed by atoms with E-state index in [1.807, 2.05) is 0 Å². The number of rotatable bonds is 1. The Morgan fingerprint density at radius 3 is 2.53 bits per heavy atom. The lowest BCUT2D eigenvalue weighted by Gasteiger charge is -2.09. The molecular formula is C12H11F2N3.